The Kier molecular flexibility index (Phi) is 9.34. The minimum atomic E-state index is -1.12. The molecule has 1 aliphatic heterocycles. The number of hydrogen-bond acceptors (Lipinski definition) is 6. The van der Waals surface area contributed by atoms with Crippen LogP contribution in [-0.4, -0.2) is 77.0 Å². The third kappa shape index (κ3) is 6.97. The highest BCUT2D eigenvalue weighted by atomic mass is 32.2. The van der Waals surface area contributed by atoms with Gasteiger partial charge in [-0.15, -0.1) is 0 Å². The molecule has 1 aliphatic rings. The zero-order chi connectivity index (χ0) is 24.5. The Morgan fingerprint density at radius 1 is 1.18 bits per heavy atom. The third-order valence-electron chi connectivity index (χ3n) is 5.78. The lowest BCUT2D eigenvalue weighted by Gasteiger charge is -2.21. The van der Waals surface area contributed by atoms with Crippen LogP contribution in [0.3, 0.4) is 0 Å². The van der Waals surface area contributed by atoms with Crippen LogP contribution < -0.4 is 21.3 Å². The van der Waals surface area contributed by atoms with Crippen LogP contribution in [-0.2, 0) is 25.6 Å². The van der Waals surface area contributed by atoms with Gasteiger partial charge in [-0.25, -0.2) is 4.79 Å². The molecule has 1 aromatic heterocycles. The van der Waals surface area contributed by atoms with Gasteiger partial charge in [0.05, 0.1) is 12.6 Å². The van der Waals surface area contributed by atoms with Gasteiger partial charge >= 0.3 is 5.97 Å². The summed E-state index contributed by atoms with van der Waals surface area (Å²) in [7, 11) is 0. The van der Waals surface area contributed by atoms with Gasteiger partial charge in [0.25, 0.3) is 0 Å². The first-order valence-corrected chi connectivity index (χ1v) is 12.7. The van der Waals surface area contributed by atoms with Crippen LogP contribution in [0, 0.1) is 0 Å². The van der Waals surface area contributed by atoms with Crippen molar-refractivity contribution in [3.63, 3.8) is 0 Å². The predicted molar refractivity (Wildman–Crippen MR) is 131 cm³/mol. The number of benzene rings is 1. The zero-order valence-corrected chi connectivity index (χ0v) is 19.9. The summed E-state index contributed by atoms with van der Waals surface area (Å²) in [5, 5.41) is 21.1. The molecule has 3 rings (SSSR count). The lowest BCUT2D eigenvalue weighted by Crippen LogP contribution is -2.54. The number of carboxylic acids is 1. The fourth-order valence-electron chi connectivity index (χ4n) is 3.94. The second-order valence-electron chi connectivity index (χ2n) is 8.23. The number of para-hydroxylation sites is 1. The first kappa shape index (κ1) is 25.6. The second kappa shape index (κ2) is 12.4. The van der Waals surface area contributed by atoms with Crippen molar-refractivity contribution in [2.45, 2.75) is 43.8 Å². The van der Waals surface area contributed by atoms with E-state index in [9.17, 15) is 24.3 Å². The number of aromatic amines is 1. The molecule has 3 amide bonds. The van der Waals surface area contributed by atoms with Gasteiger partial charge in [-0.3, -0.25) is 14.4 Å². The van der Waals surface area contributed by atoms with Crippen molar-refractivity contribution in [2.24, 2.45) is 0 Å². The smallest absolute Gasteiger partial charge is 0.326 e. The van der Waals surface area contributed by atoms with Crippen LogP contribution >= 0.6 is 11.8 Å². The van der Waals surface area contributed by atoms with Crippen molar-refractivity contribution in [1.82, 2.24) is 26.3 Å². The predicted octanol–water partition coefficient (Wildman–Crippen LogP) is 0.386. The van der Waals surface area contributed by atoms with Gasteiger partial charge < -0.3 is 31.4 Å². The van der Waals surface area contributed by atoms with E-state index in [0.717, 1.165) is 29.4 Å². The molecule has 1 fully saturated rings. The van der Waals surface area contributed by atoms with E-state index in [1.54, 1.807) is 6.20 Å². The van der Waals surface area contributed by atoms with E-state index in [1.165, 1.54) is 11.8 Å². The fourth-order valence-corrected chi connectivity index (χ4v) is 4.41. The SMILES string of the molecule is CSCCC(NC(=O)CNC(=O)C(Cc1c[nH]c2ccccc12)NC(=O)C1CCCN1)C(=O)O. The van der Waals surface area contributed by atoms with Gasteiger partial charge in [0.2, 0.25) is 17.7 Å². The number of aromatic nitrogens is 1. The van der Waals surface area contributed by atoms with Crippen molar-refractivity contribution in [3.05, 3.63) is 36.0 Å². The summed E-state index contributed by atoms with van der Waals surface area (Å²) in [5.41, 5.74) is 1.78. The number of carbonyl (C=O) groups excluding carboxylic acids is 3. The molecule has 1 aromatic carbocycles. The summed E-state index contributed by atoms with van der Waals surface area (Å²) in [4.78, 5) is 52.5. The molecular weight excluding hydrogens is 458 g/mol. The Bertz CT molecular complexity index is 1020. The highest BCUT2D eigenvalue weighted by Gasteiger charge is 2.28. The Morgan fingerprint density at radius 2 is 1.97 bits per heavy atom. The van der Waals surface area contributed by atoms with Gasteiger partial charge in [-0.2, -0.15) is 11.8 Å². The van der Waals surface area contributed by atoms with E-state index in [0.29, 0.717) is 12.2 Å². The van der Waals surface area contributed by atoms with Gasteiger partial charge in [0.15, 0.2) is 0 Å². The second-order valence-corrected chi connectivity index (χ2v) is 9.22. The number of rotatable bonds is 12. The Balaban J connectivity index is 1.65. The lowest BCUT2D eigenvalue weighted by molar-refractivity contribution is -0.141. The van der Waals surface area contributed by atoms with Crippen LogP contribution in [0.15, 0.2) is 30.5 Å². The van der Waals surface area contributed by atoms with E-state index in [2.05, 4.69) is 26.3 Å². The number of carboxylic acid groups (broad SMARTS) is 1. The molecule has 34 heavy (non-hydrogen) atoms. The summed E-state index contributed by atoms with van der Waals surface area (Å²) in [5.74, 6) is -1.91. The molecule has 0 spiro atoms. The van der Waals surface area contributed by atoms with E-state index < -0.39 is 29.9 Å². The summed E-state index contributed by atoms with van der Waals surface area (Å²) in [6.45, 7) is 0.364. The first-order chi connectivity index (χ1) is 16.4. The maximum Gasteiger partial charge on any atom is 0.326 e. The highest BCUT2D eigenvalue weighted by molar-refractivity contribution is 7.98. The van der Waals surface area contributed by atoms with Gasteiger partial charge in [-0.1, -0.05) is 18.2 Å². The molecule has 1 saturated heterocycles. The van der Waals surface area contributed by atoms with Gasteiger partial charge in [0.1, 0.15) is 12.1 Å². The molecule has 3 atom stereocenters. The number of carbonyl (C=O) groups is 4. The summed E-state index contributed by atoms with van der Waals surface area (Å²) in [6.07, 6.45) is 5.76. The van der Waals surface area contributed by atoms with Crippen molar-refractivity contribution in [3.8, 4) is 0 Å². The number of amides is 3. The molecule has 10 nitrogen and oxygen atoms in total. The van der Waals surface area contributed by atoms with E-state index in [1.807, 2.05) is 30.5 Å². The molecule has 0 saturated carbocycles. The largest absolute Gasteiger partial charge is 0.480 e. The molecule has 0 radical (unpaired) electrons. The minimum absolute atomic E-state index is 0.237. The number of nitrogens with one attached hydrogen (secondary N) is 5. The molecule has 6 N–H and O–H groups in total. The van der Waals surface area contributed by atoms with E-state index in [4.69, 9.17) is 0 Å². The molecule has 0 aliphatic carbocycles. The van der Waals surface area contributed by atoms with Crippen LogP contribution in [0.2, 0.25) is 0 Å². The quantitative estimate of drug-likeness (QED) is 0.252. The average Bonchev–Trinajstić information content (AvgIpc) is 3.50. The third-order valence-corrected chi connectivity index (χ3v) is 6.42. The molecule has 0 bridgehead atoms. The van der Waals surface area contributed by atoms with Crippen molar-refractivity contribution >= 4 is 46.4 Å². The molecule has 184 valence electrons. The molecule has 3 unspecified atom stereocenters. The van der Waals surface area contributed by atoms with Gasteiger partial charge in [-0.05, 0) is 49.4 Å². The van der Waals surface area contributed by atoms with Crippen LogP contribution in [0.4, 0.5) is 0 Å². The maximum atomic E-state index is 13.0. The molecule has 11 heteroatoms. The summed E-state index contributed by atoms with van der Waals surface area (Å²) < 4.78 is 0. The van der Waals surface area contributed by atoms with Crippen LogP contribution in [0.1, 0.15) is 24.8 Å². The standard InChI is InChI=1S/C23H31N5O5S/c1-34-10-8-18(23(32)33)27-20(29)13-26-21(30)19(28-22(31)17-7-4-9-24-17)11-14-12-25-16-6-3-2-5-15(14)16/h2-3,5-6,12,17-19,24-25H,4,7-11,13H2,1H3,(H,26,30)(H,27,29)(H,28,31)(H,32,33). The summed E-state index contributed by atoms with van der Waals surface area (Å²) >= 11 is 1.48. The normalized spacial score (nSPS) is 17.1. The molecular formula is C23H31N5O5S. The average molecular weight is 490 g/mol. The number of thioether (sulfide) groups is 1. The first-order valence-electron chi connectivity index (χ1n) is 11.3. The highest BCUT2D eigenvalue weighted by Crippen LogP contribution is 2.19. The number of aliphatic carboxylic acids is 1. The summed E-state index contributed by atoms with van der Waals surface area (Å²) in [6, 6.07) is 5.40. The lowest BCUT2D eigenvalue weighted by atomic mass is 10.0. The Hall–Kier alpha value is -3.05. The van der Waals surface area contributed by atoms with E-state index in [-0.39, 0.29) is 31.3 Å². The Labute approximate surface area is 202 Å². The van der Waals surface area contributed by atoms with E-state index >= 15 is 0 Å². The van der Waals surface area contributed by atoms with Crippen molar-refractivity contribution in [1.29, 1.82) is 0 Å². The van der Waals surface area contributed by atoms with Crippen LogP contribution in [0.25, 0.3) is 10.9 Å². The topological polar surface area (TPSA) is 152 Å². The zero-order valence-electron chi connectivity index (χ0n) is 19.1. The number of hydrogen-bond donors (Lipinski definition) is 6. The number of H-pyrrole nitrogens is 1. The molecule has 2 heterocycles. The van der Waals surface area contributed by atoms with Crippen molar-refractivity contribution in [2.75, 3.05) is 25.1 Å². The maximum absolute atomic E-state index is 13.0. The van der Waals surface area contributed by atoms with Gasteiger partial charge in [0, 0.05) is 23.5 Å². The number of fused-ring (bicyclic) bond motifs is 1. The molecule has 2 aromatic rings. The monoisotopic (exact) mass is 489 g/mol. The van der Waals surface area contributed by atoms with Crippen molar-refractivity contribution < 1.29 is 24.3 Å². The Morgan fingerprint density at radius 3 is 2.68 bits per heavy atom. The van der Waals surface area contributed by atoms with Crippen LogP contribution in [0.5, 0.6) is 0 Å². The minimum Gasteiger partial charge on any atom is -0.480 e. The fraction of sp³-hybridized carbons (Fsp3) is 0.478.